The van der Waals surface area contributed by atoms with Crippen LogP contribution in [0.25, 0.3) is 11.2 Å². The molecule has 2 aliphatic rings. The maximum absolute atomic E-state index is 12.6. The minimum Gasteiger partial charge on any atom is -0.323 e. The largest absolute Gasteiger partial charge is 0.332 e. The number of likely N-dealkylation sites (tertiary alicyclic amines) is 1. The molecule has 1 saturated heterocycles. The van der Waals surface area contributed by atoms with Crippen LogP contribution in [-0.4, -0.2) is 47.8 Å². The van der Waals surface area contributed by atoms with E-state index in [0.29, 0.717) is 29.5 Å². The van der Waals surface area contributed by atoms with Gasteiger partial charge < -0.3 is 14.0 Å². The summed E-state index contributed by atoms with van der Waals surface area (Å²) in [5, 5.41) is 0. The summed E-state index contributed by atoms with van der Waals surface area (Å²) in [7, 11) is 3.12. The molecule has 2 atom stereocenters. The van der Waals surface area contributed by atoms with Gasteiger partial charge in [-0.2, -0.15) is 0 Å². The Balaban J connectivity index is 1.39. The fourth-order valence-corrected chi connectivity index (χ4v) is 4.99. The van der Waals surface area contributed by atoms with Crippen LogP contribution in [0.5, 0.6) is 0 Å². The fraction of sp³-hybridized carbons (Fsp3) is 0.500. The summed E-state index contributed by atoms with van der Waals surface area (Å²) < 4.78 is 6.32. The third kappa shape index (κ3) is 2.79. The Morgan fingerprint density at radius 1 is 1.03 bits per heavy atom. The average molecular weight is 396 g/mol. The summed E-state index contributed by atoms with van der Waals surface area (Å²) in [6, 6.07) is 5.56. The predicted molar refractivity (Wildman–Crippen MR) is 108 cm³/mol. The Bertz CT molecular complexity index is 1280. The summed E-state index contributed by atoms with van der Waals surface area (Å²) >= 11 is 0. The number of fused-ring (bicyclic) bond motifs is 5. The Labute approximate surface area is 166 Å². The summed E-state index contributed by atoms with van der Waals surface area (Å²) in [6.45, 7) is 4.05. The van der Waals surface area contributed by atoms with Gasteiger partial charge >= 0.3 is 5.69 Å². The van der Waals surface area contributed by atoms with Crippen molar-refractivity contribution in [2.24, 2.45) is 20.0 Å². The van der Waals surface area contributed by atoms with Crippen molar-refractivity contribution in [1.82, 2.24) is 28.2 Å². The minimum atomic E-state index is -0.370. The Hall–Kier alpha value is -2.94. The van der Waals surface area contributed by atoms with Crippen molar-refractivity contribution < 1.29 is 0 Å². The molecule has 152 valence electrons. The van der Waals surface area contributed by atoms with Crippen molar-refractivity contribution in [1.29, 1.82) is 0 Å². The van der Waals surface area contributed by atoms with E-state index in [2.05, 4.69) is 16.0 Å². The fourth-order valence-electron chi connectivity index (χ4n) is 4.99. The number of hydrogen-bond acceptors (Lipinski definition) is 5. The molecule has 5 heterocycles. The highest BCUT2D eigenvalue weighted by Gasteiger charge is 2.34. The molecule has 3 aromatic rings. The van der Waals surface area contributed by atoms with Crippen LogP contribution >= 0.6 is 0 Å². The quantitative estimate of drug-likeness (QED) is 0.608. The molecule has 0 saturated carbocycles. The second-order valence-electron chi connectivity index (χ2n) is 8.27. The van der Waals surface area contributed by atoms with Crippen molar-refractivity contribution in [2.45, 2.75) is 25.4 Å². The molecule has 0 spiro atoms. The lowest BCUT2D eigenvalue weighted by molar-refractivity contribution is 0.117. The van der Waals surface area contributed by atoms with Gasteiger partial charge in [0.1, 0.15) is 0 Å². The highest BCUT2D eigenvalue weighted by atomic mass is 16.2. The molecule has 0 amide bonds. The summed E-state index contributed by atoms with van der Waals surface area (Å²) in [5.74, 6) is 0.833. The molecule has 2 aliphatic heterocycles. The molecule has 2 bridgehead atoms. The van der Waals surface area contributed by atoms with Crippen LogP contribution in [0.4, 0.5) is 0 Å². The molecule has 0 aliphatic carbocycles. The second-order valence-corrected chi connectivity index (χ2v) is 8.27. The lowest BCUT2D eigenvalue weighted by atomic mass is 9.83. The molecule has 0 radical (unpaired) electrons. The smallest absolute Gasteiger partial charge is 0.323 e. The second kappa shape index (κ2) is 6.55. The van der Waals surface area contributed by atoms with E-state index in [1.165, 1.54) is 11.6 Å². The SMILES string of the molecule is Cn1c(=O)c2c(ncn2CCN2C[C@H]3C[C@@H](C2)c2cccc(=O)n2C3)n(C)c1=O. The molecule has 0 aromatic carbocycles. The average Bonchev–Trinajstić information content (AvgIpc) is 3.14. The van der Waals surface area contributed by atoms with E-state index in [9.17, 15) is 14.4 Å². The molecule has 3 aromatic heterocycles. The zero-order chi connectivity index (χ0) is 20.3. The third-order valence-electron chi connectivity index (χ3n) is 6.43. The molecule has 5 rings (SSSR count). The van der Waals surface area contributed by atoms with Crippen LogP contribution in [-0.2, 0) is 27.2 Å². The first-order valence-electron chi connectivity index (χ1n) is 9.97. The number of piperidine rings is 1. The topological polar surface area (TPSA) is 87.1 Å². The number of imidazole rings is 1. The highest BCUT2D eigenvalue weighted by molar-refractivity contribution is 5.69. The van der Waals surface area contributed by atoms with E-state index in [-0.39, 0.29) is 16.8 Å². The number of hydrogen-bond donors (Lipinski definition) is 0. The molecular formula is C20H24N6O3. The van der Waals surface area contributed by atoms with Gasteiger partial charge in [-0.3, -0.25) is 18.7 Å². The monoisotopic (exact) mass is 396 g/mol. The number of aryl methyl sites for hydroxylation is 1. The van der Waals surface area contributed by atoms with Crippen LogP contribution in [0, 0.1) is 5.92 Å². The van der Waals surface area contributed by atoms with Gasteiger partial charge in [-0.1, -0.05) is 6.07 Å². The molecule has 1 fully saturated rings. The van der Waals surface area contributed by atoms with Crippen molar-refractivity contribution >= 4 is 11.2 Å². The third-order valence-corrected chi connectivity index (χ3v) is 6.43. The van der Waals surface area contributed by atoms with Crippen molar-refractivity contribution in [3.8, 4) is 0 Å². The van der Waals surface area contributed by atoms with Crippen molar-refractivity contribution in [2.75, 3.05) is 19.6 Å². The van der Waals surface area contributed by atoms with E-state index in [0.717, 1.165) is 42.9 Å². The molecular weight excluding hydrogens is 372 g/mol. The molecule has 0 unspecified atom stereocenters. The molecule has 9 heteroatoms. The highest BCUT2D eigenvalue weighted by Crippen LogP contribution is 2.34. The van der Waals surface area contributed by atoms with Gasteiger partial charge in [-0.05, 0) is 18.4 Å². The van der Waals surface area contributed by atoms with Gasteiger partial charge in [-0.25, -0.2) is 9.78 Å². The van der Waals surface area contributed by atoms with Gasteiger partial charge in [0.2, 0.25) is 0 Å². The normalized spacial score (nSPS) is 21.4. The van der Waals surface area contributed by atoms with Gasteiger partial charge in [0.15, 0.2) is 11.2 Å². The van der Waals surface area contributed by atoms with Gasteiger partial charge in [-0.15, -0.1) is 0 Å². The van der Waals surface area contributed by atoms with Gasteiger partial charge in [0.25, 0.3) is 11.1 Å². The summed E-state index contributed by atoms with van der Waals surface area (Å²) in [4.78, 5) is 43.6. The molecule has 9 nitrogen and oxygen atoms in total. The minimum absolute atomic E-state index is 0.0944. The van der Waals surface area contributed by atoms with Crippen LogP contribution in [0.15, 0.2) is 38.9 Å². The zero-order valence-corrected chi connectivity index (χ0v) is 16.6. The van der Waals surface area contributed by atoms with E-state index in [4.69, 9.17) is 0 Å². The predicted octanol–water partition coefficient (Wildman–Crippen LogP) is -0.285. The first-order chi connectivity index (χ1) is 13.9. The Morgan fingerprint density at radius 3 is 2.69 bits per heavy atom. The number of rotatable bonds is 3. The van der Waals surface area contributed by atoms with Crippen LogP contribution in [0.3, 0.4) is 0 Å². The lowest BCUT2D eigenvalue weighted by Gasteiger charge is -2.42. The zero-order valence-electron chi connectivity index (χ0n) is 16.6. The van der Waals surface area contributed by atoms with Crippen molar-refractivity contribution in [3.63, 3.8) is 0 Å². The van der Waals surface area contributed by atoms with E-state index in [1.54, 1.807) is 19.4 Å². The van der Waals surface area contributed by atoms with Gasteiger partial charge in [0.05, 0.1) is 6.33 Å². The maximum Gasteiger partial charge on any atom is 0.332 e. The van der Waals surface area contributed by atoms with Crippen LogP contribution in [0.1, 0.15) is 18.0 Å². The van der Waals surface area contributed by atoms with E-state index in [1.807, 2.05) is 15.2 Å². The standard InChI is InChI=1S/C20H24N6O3/c1-22-18-17(19(28)23(2)20(22)29)25(12-21-18)7-6-24-9-13-8-14(11-24)15-4-3-5-16(27)26(15)10-13/h3-5,12-14H,6-11H2,1-2H3/t13-,14+/m1/s1. The van der Waals surface area contributed by atoms with Crippen LogP contribution < -0.4 is 16.8 Å². The van der Waals surface area contributed by atoms with E-state index < -0.39 is 0 Å². The van der Waals surface area contributed by atoms with E-state index >= 15 is 0 Å². The number of aromatic nitrogens is 5. The first kappa shape index (κ1) is 18.1. The van der Waals surface area contributed by atoms with Gasteiger partial charge in [0, 0.05) is 64.5 Å². The lowest BCUT2D eigenvalue weighted by Crippen LogP contribution is -2.47. The number of nitrogens with zero attached hydrogens (tertiary/aromatic N) is 6. The summed E-state index contributed by atoms with van der Waals surface area (Å²) in [5.41, 5.74) is 1.42. The Morgan fingerprint density at radius 2 is 1.86 bits per heavy atom. The molecule has 0 N–H and O–H groups in total. The molecule has 29 heavy (non-hydrogen) atoms. The summed E-state index contributed by atoms with van der Waals surface area (Å²) in [6.07, 6.45) is 2.77. The first-order valence-corrected chi connectivity index (χ1v) is 9.97. The van der Waals surface area contributed by atoms with Crippen LogP contribution in [0.2, 0.25) is 0 Å². The maximum atomic E-state index is 12.6. The van der Waals surface area contributed by atoms with Crippen molar-refractivity contribution in [3.05, 3.63) is 61.4 Å². The Kier molecular flexibility index (Phi) is 4.09. The number of pyridine rings is 1.